The number of halogens is 1. The molecule has 40 heavy (non-hydrogen) atoms. The van der Waals surface area contributed by atoms with E-state index in [1.165, 1.54) is 17.7 Å². The van der Waals surface area contributed by atoms with Crippen molar-refractivity contribution in [2.24, 2.45) is 0 Å². The predicted octanol–water partition coefficient (Wildman–Crippen LogP) is 5.78. The number of nitrogens with one attached hydrogen (secondary N) is 2. The fourth-order valence-corrected chi connectivity index (χ4v) is 6.67. The van der Waals surface area contributed by atoms with Crippen molar-refractivity contribution in [1.29, 1.82) is 0 Å². The summed E-state index contributed by atoms with van der Waals surface area (Å²) in [5, 5.41) is 6.22. The van der Waals surface area contributed by atoms with Gasteiger partial charge in [0, 0.05) is 49.8 Å². The Morgan fingerprint density at radius 3 is 2.23 bits per heavy atom. The molecule has 3 aromatic carbocycles. The summed E-state index contributed by atoms with van der Waals surface area (Å²) in [7, 11) is -3.64. The van der Waals surface area contributed by atoms with Crippen LogP contribution in [0.15, 0.2) is 96.0 Å². The molecule has 0 bridgehead atoms. The number of nitrogens with zero attached hydrogens (tertiary/aromatic N) is 4. The maximum atomic E-state index is 13.6. The van der Waals surface area contributed by atoms with E-state index in [0.717, 1.165) is 32.5 Å². The number of aromatic nitrogens is 2. The smallest absolute Gasteiger partial charge is 0.243 e. The first-order valence-corrected chi connectivity index (χ1v) is 14.9. The highest BCUT2D eigenvalue weighted by Crippen LogP contribution is 2.26. The summed E-state index contributed by atoms with van der Waals surface area (Å²) in [5.41, 5.74) is 2.63. The van der Waals surface area contributed by atoms with E-state index >= 15 is 0 Å². The first-order valence-electron chi connectivity index (χ1n) is 13.4. The van der Waals surface area contributed by atoms with Gasteiger partial charge in [0.15, 0.2) is 0 Å². The van der Waals surface area contributed by atoms with Gasteiger partial charge in [0.05, 0.1) is 4.90 Å². The molecule has 208 valence electrons. The van der Waals surface area contributed by atoms with E-state index in [2.05, 4.69) is 37.6 Å². The second-order valence-corrected chi connectivity index (χ2v) is 11.6. The largest absolute Gasteiger partial charge is 0.340 e. The maximum absolute atomic E-state index is 13.6. The van der Waals surface area contributed by atoms with Crippen molar-refractivity contribution in [3.8, 4) is 0 Å². The molecule has 0 atom stereocenters. The van der Waals surface area contributed by atoms with Crippen molar-refractivity contribution >= 4 is 33.2 Å². The van der Waals surface area contributed by atoms with Crippen LogP contribution in [0.5, 0.6) is 0 Å². The van der Waals surface area contributed by atoms with Crippen molar-refractivity contribution in [1.82, 2.24) is 19.2 Å². The topological polar surface area (TPSA) is 90.5 Å². The van der Waals surface area contributed by atoms with Gasteiger partial charge in [0.2, 0.25) is 16.0 Å². The van der Waals surface area contributed by atoms with Gasteiger partial charge in [-0.25, -0.2) is 17.8 Å². The Kier molecular flexibility index (Phi) is 8.69. The van der Waals surface area contributed by atoms with E-state index in [1.807, 2.05) is 25.1 Å². The molecule has 10 heteroatoms. The van der Waals surface area contributed by atoms with Crippen molar-refractivity contribution in [2.75, 3.05) is 30.3 Å². The van der Waals surface area contributed by atoms with E-state index in [9.17, 15) is 12.8 Å². The standard InChI is InChI=1S/C30H33FN6O2S/c1-2-37(27-17-20-36(21-18-27)22-23-6-4-3-5-7-23)40(38,39)28-14-12-26(13-15-28)34-30-32-19-16-29(35-30)33-25-10-8-24(31)9-11-25/h3-16,19,27H,2,17-18,20-22H2,1H3,(H2,32,33,34,35). The number of hydrogen-bond donors (Lipinski definition) is 2. The SMILES string of the molecule is CCN(C1CCN(Cc2ccccc2)CC1)S(=O)(=O)c1ccc(Nc2nccc(Nc3ccc(F)cc3)n2)cc1. The fraction of sp³-hybridized carbons (Fsp3) is 0.267. The fourth-order valence-electron chi connectivity index (χ4n) is 4.98. The zero-order chi connectivity index (χ0) is 28.0. The lowest BCUT2D eigenvalue weighted by Gasteiger charge is -2.37. The summed E-state index contributed by atoms with van der Waals surface area (Å²) in [6.07, 6.45) is 3.21. The average molecular weight is 561 g/mol. The minimum atomic E-state index is -3.64. The van der Waals surface area contributed by atoms with Gasteiger partial charge in [-0.3, -0.25) is 4.90 Å². The van der Waals surface area contributed by atoms with E-state index in [-0.39, 0.29) is 16.8 Å². The van der Waals surface area contributed by atoms with Crippen molar-refractivity contribution in [2.45, 2.75) is 37.2 Å². The molecule has 0 spiro atoms. The monoisotopic (exact) mass is 560 g/mol. The van der Waals surface area contributed by atoms with Crippen LogP contribution in [0.4, 0.5) is 27.5 Å². The van der Waals surface area contributed by atoms with Gasteiger partial charge in [-0.2, -0.15) is 9.29 Å². The highest BCUT2D eigenvalue weighted by molar-refractivity contribution is 7.89. The van der Waals surface area contributed by atoms with E-state index in [4.69, 9.17) is 0 Å². The van der Waals surface area contributed by atoms with Crippen LogP contribution in [-0.4, -0.2) is 53.3 Å². The number of anilines is 4. The Morgan fingerprint density at radius 1 is 0.900 bits per heavy atom. The normalized spacial score (nSPS) is 14.8. The molecular weight excluding hydrogens is 527 g/mol. The van der Waals surface area contributed by atoms with E-state index in [0.29, 0.717) is 29.7 Å². The van der Waals surface area contributed by atoms with Gasteiger partial charge in [-0.05, 0) is 73.0 Å². The molecule has 1 saturated heterocycles. The molecule has 5 rings (SSSR count). The van der Waals surface area contributed by atoms with Crippen LogP contribution in [0.25, 0.3) is 0 Å². The molecule has 2 N–H and O–H groups in total. The summed E-state index contributed by atoms with van der Waals surface area (Å²) < 4.78 is 42.0. The molecule has 2 heterocycles. The molecule has 0 aliphatic carbocycles. The number of benzene rings is 3. The maximum Gasteiger partial charge on any atom is 0.243 e. The summed E-state index contributed by atoms with van der Waals surface area (Å²) in [6, 6.07) is 24.7. The Labute approximate surface area is 235 Å². The summed E-state index contributed by atoms with van der Waals surface area (Å²) in [4.78, 5) is 11.3. The van der Waals surface area contributed by atoms with Crippen LogP contribution in [0.2, 0.25) is 0 Å². The lowest BCUT2D eigenvalue weighted by Crippen LogP contribution is -2.47. The van der Waals surface area contributed by atoms with Crippen LogP contribution < -0.4 is 10.6 Å². The Morgan fingerprint density at radius 2 is 1.55 bits per heavy atom. The van der Waals surface area contributed by atoms with Gasteiger partial charge in [0.25, 0.3) is 0 Å². The molecule has 8 nitrogen and oxygen atoms in total. The van der Waals surface area contributed by atoms with Crippen molar-refractivity contribution in [3.63, 3.8) is 0 Å². The number of piperidine rings is 1. The second kappa shape index (κ2) is 12.5. The average Bonchev–Trinajstić information content (AvgIpc) is 2.97. The molecule has 0 radical (unpaired) electrons. The summed E-state index contributed by atoms with van der Waals surface area (Å²) >= 11 is 0. The molecule has 1 aliphatic heterocycles. The van der Waals surface area contributed by atoms with Crippen LogP contribution in [0.3, 0.4) is 0 Å². The summed E-state index contributed by atoms with van der Waals surface area (Å²) in [5.74, 6) is 0.573. The van der Waals surface area contributed by atoms with Crippen LogP contribution in [0.1, 0.15) is 25.3 Å². The number of rotatable bonds is 10. The highest BCUT2D eigenvalue weighted by Gasteiger charge is 2.32. The highest BCUT2D eigenvalue weighted by atomic mass is 32.2. The van der Waals surface area contributed by atoms with Crippen molar-refractivity contribution < 1.29 is 12.8 Å². The third-order valence-electron chi connectivity index (χ3n) is 7.01. The quantitative estimate of drug-likeness (QED) is 0.254. The first kappa shape index (κ1) is 27.7. The first-order chi connectivity index (χ1) is 19.4. The van der Waals surface area contributed by atoms with Crippen LogP contribution >= 0.6 is 0 Å². The molecule has 4 aromatic rings. The minimum Gasteiger partial charge on any atom is -0.340 e. The molecule has 0 saturated carbocycles. The Bertz CT molecular complexity index is 1490. The van der Waals surface area contributed by atoms with E-state index in [1.54, 1.807) is 53.0 Å². The molecule has 0 unspecified atom stereocenters. The van der Waals surface area contributed by atoms with Gasteiger partial charge < -0.3 is 10.6 Å². The number of likely N-dealkylation sites (tertiary alicyclic amines) is 1. The Balaban J connectivity index is 1.20. The zero-order valence-electron chi connectivity index (χ0n) is 22.4. The van der Waals surface area contributed by atoms with Gasteiger partial charge in [-0.15, -0.1) is 0 Å². The van der Waals surface area contributed by atoms with Gasteiger partial charge in [-0.1, -0.05) is 37.3 Å². The lowest BCUT2D eigenvalue weighted by atomic mass is 10.0. The van der Waals surface area contributed by atoms with Crippen LogP contribution in [0, 0.1) is 5.82 Å². The minimum absolute atomic E-state index is 0.0235. The molecule has 0 amide bonds. The predicted molar refractivity (Wildman–Crippen MR) is 156 cm³/mol. The lowest BCUT2D eigenvalue weighted by molar-refractivity contribution is 0.156. The third-order valence-corrected chi connectivity index (χ3v) is 9.06. The molecule has 1 fully saturated rings. The zero-order valence-corrected chi connectivity index (χ0v) is 23.2. The third kappa shape index (κ3) is 6.82. The van der Waals surface area contributed by atoms with Crippen molar-refractivity contribution in [3.05, 3.63) is 103 Å². The molecule has 1 aromatic heterocycles. The molecule has 1 aliphatic rings. The molecular formula is C30H33FN6O2S. The van der Waals surface area contributed by atoms with E-state index < -0.39 is 10.0 Å². The van der Waals surface area contributed by atoms with Gasteiger partial charge in [0.1, 0.15) is 11.6 Å². The number of hydrogen-bond acceptors (Lipinski definition) is 7. The Hall–Kier alpha value is -3.86. The number of sulfonamides is 1. The van der Waals surface area contributed by atoms with Gasteiger partial charge >= 0.3 is 0 Å². The van der Waals surface area contributed by atoms with Crippen LogP contribution in [-0.2, 0) is 16.6 Å². The second-order valence-electron chi connectivity index (χ2n) is 9.75. The summed E-state index contributed by atoms with van der Waals surface area (Å²) in [6.45, 7) is 4.93.